The summed E-state index contributed by atoms with van der Waals surface area (Å²) >= 11 is 1.56. The van der Waals surface area contributed by atoms with Crippen LogP contribution in [0.5, 0.6) is 0 Å². The van der Waals surface area contributed by atoms with Crippen LogP contribution in [0.25, 0.3) is 10.4 Å². The zero-order chi connectivity index (χ0) is 66.9. The van der Waals surface area contributed by atoms with Crippen molar-refractivity contribution in [2.45, 2.75) is 143 Å². The zero-order valence-corrected chi connectivity index (χ0v) is 56.2. The van der Waals surface area contributed by atoms with Gasteiger partial charge in [0.25, 0.3) is 0 Å². The smallest absolute Gasteiger partial charge is 0.246 e. The first kappa shape index (κ1) is 69.1. The van der Waals surface area contributed by atoms with Crippen molar-refractivity contribution >= 4 is 64.1 Å². The number of carbonyl (C=O) groups is 6. The number of nitrogens with zero attached hydrogens (tertiary/aromatic N) is 9. The van der Waals surface area contributed by atoms with Crippen molar-refractivity contribution in [1.29, 1.82) is 0 Å². The summed E-state index contributed by atoms with van der Waals surface area (Å²) in [4.78, 5) is 107. The lowest BCUT2D eigenvalue weighted by Gasteiger charge is -2.48. The van der Waals surface area contributed by atoms with E-state index in [1.807, 2.05) is 94.7 Å². The lowest BCUT2D eigenvalue weighted by atomic mass is 9.82. The number of amides is 6. The maximum atomic E-state index is 15.8. The summed E-state index contributed by atoms with van der Waals surface area (Å²) in [6.45, 7) is 22.1. The number of β-amino-alcohol motifs (C(OH)–C–C–N with tert-alkyl or cyclic N) is 1. The van der Waals surface area contributed by atoms with Crippen LogP contribution < -0.4 is 41.7 Å². The number of nitrogens with one attached hydrogen (secondary N) is 6. The Morgan fingerprint density at radius 3 is 2.18 bits per heavy atom. The molecule has 2 aromatic heterocycles. The van der Waals surface area contributed by atoms with Crippen molar-refractivity contribution in [2.24, 2.45) is 10.8 Å². The first-order chi connectivity index (χ1) is 44.8. The first-order valence-corrected chi connectivity index (χ1v) is 33.9. The van der Waals surface area contributed by atoms with E-state index in [1.165, 1.54) is 23.4 Å². The number of likely N-dealkylation sites (tertiary alicyclic amines) is 2. The van der Waals surface area contributed by atoms with Crippen LogP contribution in [0.3, 0.4) is 0 Å². The van der Waals surface area contributed by atoms with Crippen LogP contribution in [0, 0.1) is 29.4 Å². The topological polar surface area (TPSA) is 253 Å². The number of anilines is 3. The Kier molecular flexibility index (Phi) is 22.3. The van der Waals surface area contributed by atoms with E-state index in [9.17, 15) is 33.9 Å². The molecule has 506 valence electrons. The van der Waals surface area contributed by atoms with Gasteiger partial charge in [-0.25, -0.2) is 23.7 Å². The summed E-state index contributed by atoms with van der Waals surface area (Å²) in [6, 6.07) is 18.0. The van der Waals surface area contributed by atoms with Crippen LogP contribution in [-0.4, -0.2) is 190 Å². The lowest BCUT2D eigenvalue weighted by Crippen LogP contribution is -2.66. The third-order valence-electron chi connectivity index (χ3n) is 19.2. The minimum absolute atomic E-state index is 0.0483. The Morgan fingerprint density at radius 1 is 0.777 bits per heavy atom. The second kappa shape index (κ2) is 30.4. The monoisotopic (exact) mass is 1310 g/mol. The normalized spacial score (nSPS) is 20.1. The maximum absolute atomic E-state index is 15.8. The molecule has 0 aliphatic carbocycles. The van der Waals surface area contributed by atoms with Crippen LogP contribution in [0.4, 0.5) is 26.1 Å². The highest BCUT2D eigenvalue weighted by Gasteiger charge is 2.46. The minimum Gasteiger partial charge on any atom is -0.391 e. The first-order valence-electron chi connectivity index (χ1n) is 33.1. The molecule has 25 heteroatoms. The summed E-state index contributed by atoms with van der Waals surface area (Å²) in [5.41, 5.74) is 5.96. The maximum Gasteiger partial charge on any atom is 0.246 e. The average Bonchev–Trinajstić information content (AvgIpc) is 1.15. The Morgan fingerprint density at radius 2 is 1.48 bits per heavy atom. The molecule has 6 amide bonds. The molecule has 1 spiro atoms. The number of piperidine rings is 2. The molecule has 5 aromatic rings. The van der Waals surface area contributed by atoms with Gasteiger partial charge in [0, 0.05) is 122 Å². The predicted octanol–water partition coefficient (Wildman–Crippen LogP) is 5.90. The average molecular weight is 1310 g/mol. The van der Waals surface area contributed by atoms with Crippen LogP contribution in [0.1, 0.15) is 120 Å². The van der Waals surface area contributed by atoms with Crippen molar-refractivity contribution in [3.05, 3.63) is 118 Å². The van der Waals surface area contributed by atoms with Crippen molar-refractivity contribution in [3.8, 4) is 10.4 Å². The number of aliphatic hydroxyl groups excluding tert-OH is 1. The molecule has 7 N–H and O–H groups in total. The number of aliphatic hydroxyl groups is 1. The van der Waals surface area contributed by atoms with Gasteiger partial charge in [-0.1, -0.05) is 83.1 Å². The highest BCUT2D eigenvalue weighted by Crippen LogP contribution is 2.36. The van der Waals surface area contributed by atoms with E-state index in [1.54, 1.807) is 16.2 Å². The molecule has 0 unspecified atom stereocenters. The molecule has 3 aromatic carbocycles. The van der Waals surface area contributed by atoms with E-state index >= 15 is 8.78 Å². The third-order valence-corrected chi connectivity index (χ3v) is 20.1. The Labute approximate surface area is 554 Å². The predicted molar refractivity (Wildman–Crippen MR) is 358 cm³/mol. The van der Waals surface area contributed by atoms with Gasteiger partial charge in [0.1, 0.15) is 41.7 Å². The second-order valence-corrected chi connectivity index (χ2v) is 28.9. The summed E-state index contributed by atoms with van der Waals surface area (Å²) in [6.07, 6.45) is 3.64. The quantitative estimate of drug-likeness (QED) is 0.0402. The van der Waals surface area contributed by atoms with E-state index in [2.05, 4.69) is 80.3 Å². The number of hydrogen-bond donors (Lipinski definition) is 7. The molecule has 4 atom stereocenters. The highest BCUT2D eigenvalue weighted by molar-refractivity contribution is 7.13. The fraction of sp³-hybridized carbons (Fsp3) is 0.551. The molecule has 0 saturated carbocycles. The van der Waals surface area contributed by atoms with E-state index < -0.39 is 58.5 Å². The molecule has 5 aliphatic rings. The van der Waals surface area contributed by atoms with Gasteiger partial charge in [-0.15, -0.1) is 11.3 Å². The third kappa shape index (κ3) is 18.2. The molecule has 0 radical (unpaired) electrons. The van der Waals surface area contributed by atoms with Gasteiger partial charge < -0.3 is 51.7 Å². The molecule has 5 saturated heterocycles. The van der Waals surface area contributed by atoms with Gasteiger partial charge in [-0.05, 0) is 91.8 Å². The molecule has 5 aliphatic heterocycles. The van der Waals surface area contributed by atoms with Crippen LogP contribution in [0.15, 0.2) is 78.6 Å². The lowest BCUT2D eigenvalue weighted by molar-refractivity contribution is -0.144. The van der Waals surface area contributed by atoms with Gasteiger partial charge >= 0.3 is 0 Å². The van der Waals surface area contributed by atoms with Gasteiger partial charge in [0.15, 0.2) is 0 Å². The van der Waals surface area contributed by atoms with Crippen molar-refractivity contribution in [3.63, 3.8) is 0 Å². The largest absolute Gasteiger partial charge is 0.391 e. The van der Waals surface area contributed by atoms with E-state index in [0.717, 1.165) is 64.6 Å². The van der Waals surface area contributed by atoms with Crippen molar-refractivity contribution in [2.75, 3.05) is 107 Å². The fourth-order valence-corrected chi connectivity index (χ4v) is 14.1. The molecule has 10 rings (SSSR count). The summed E-state index contributed by atoms with van der Waals surface area (Å²) in [7, 11) is 0. The zero-order valence-electron chi connectivity index (χ0n) is 55.4. The number of piperazine rings is 2. The van der Waals surface area contributed by atoms with Gasteiger partial charge in [0.2, 0.25) is 35.4 Å². The number of hydrogen-bond acceptors (Lipinski definition) is 17. The van der Waals surface area contributed by atoms with Crippen molar-refractivity contribution < 1.29 is 42.7 Å². The fourth-order valence-electron chi connectivity index (χ4n) is 13.3. The van der Waals surface area contributed by atoms with E-state index in [0.29, 0.717) is 103 Å². The van der Waals surface area contributed by atoms with Crippen molar-refractivity contribution in [1.82, 2.24) is 61.1 Å². The number of thiazole rings is 1. The Balaban J connectivity index is 0.597. The van der Waals surface area contributed by atoms with Gasteiger partial charge in [-0.3, -0.25) is 43.5 Å². The SMILES string of the molecule is Cc1ncsc1-c1ccc([C@H](C)NC(=O)[C@@H]2C[C@@H](O)CN2C(=O)[C@@H](NC(=O)CCC(=O)NCCN2CCN(CC(=O)NCc3cccc(CNc4cc(N5CCC6(CC5)CN(c5cc(F)c(CN7CCC(C)(C)CC7)cc5F)CC(=O)N6)ncn4)c3)CC2)C(C)(C)C)cc1. The number of aromatic nitrogens is 3. The summed E-state index contributed by atoms with van der Waals surface area (Å²) in [5.74, 6) is -1.54. The number of carbonyl (C=O) groups excluding carboxylic acids is 6. The number of rotatable bonds is 23. The molecule has 22 nitrogen and oxygen atoms in total. The van der Waals surface area contributed by atoms with Gasteiger partial charge in [-0.2, -0.15) is 0 Å². The Hall–Kier alpha value is -7.71. The van der Waals surface area contributed by atoms with E-state index in [-0.39, 0.29) is 73.8 Å². The molecule has 0 bridgehead atoms. The highest BCUT2D eigenvalue weighted by atomic mass is 32.1. The number of aryl methyl sites for hydroxylation is 1. The molecular formula is C69H93F2N15O7S. The molecule has 94 heavy (non-hydrogen) atoms. The number of halogens is 2. The summed E-state index contributed by atoms with van der Waals surface area (Å²) < 4.78 is 31.4. The standard InChI is InChI=1S/C69H93F2N15O7S/c1-45(49-11-13-50(14-12-49)63-46(2)77-44-94-63)78-65(92)56-33-52(87)39-86(56)66(93)64(67(3,4)5)79-60(89)16-15-59(88)72-21-26-81-27-29-83(30-28-81)40-61(90)74-37-48-10-8-9-47(31-48)36-73-57-35-58(76-43-75-57)84-24-19-69(20-25-84)42-85(41-62(91)80-69)55-34-53(70)51(32-54(55)71)38-82-22-17-68(6,7)18-23-82/h8-14,31-32,34-35,43-45,52,56,64,87H,15-30,33,36-42H2,1-7H3,(H,72,88)(H,74,90)(H,78,92)(H,79,89)(H,80,91)(H,73,75,76)/t45-,52+,56-,64+/m0/s1. The minimum atomic E-state index is -1.02. The Bertz CT molecular complexity index is 3490. The summed E-state index contributed by atoms with van der Waals surface area (Å²) in [5, 5.41) is 29.1. The molecule has 7 heterocycles. The second-order valence-electron chi connectivity index (χ2n) is 28.1. The van der Waals surface area contributed by atoms with Gasteiger partial charge in [0.05, 0.1) is 52.5 Å². The molecular weight excluding hydrogens is 1220 g/mol. The number of benzene rings is 3. The van der Waals surface area contributed by atoms with Crippen LogP contribution in [-0.2, 0) is 48.4 Å². The van der Waals surface area contributed by atoms with E-state index in [4.69, 9.17) is 0 Å². The van der Waals surface area contributed by atoms with Crippen LogP contribution in [0.2, 0.25) is 0 Å². The van der Waals surface area contributed by atoms with Crippen LogP contribution >= 0.6 is 11.3 Å². The molecule has 5 fully saturated rings.